The first kappa shape index (κ1) is 17.7. The van der Waals surface area contributed by atoms with Crippen LogP contribution in [0.4, 0.5) is 11.8 Å². The fraction of sp³-hybridized carbons (Fsp3) is 0.471. The standard InChI is InChI=1S/C17H22ClN5O2/c1-9-5-20-12(10(2)14(9)25-4)7-23-6-11(8-24-3)13-15(18)21-17(19)22-16(13)23/h5,11H,6-8H2,1-4H3,(H2,19,21,22). The molecule has 0 amide bonds. The number of aryl methyl sites for hydroxylation is 1. The average molecular weight is 364 g/mol. The van der Waals surface area contributed by atoms with Crippen molar-refractivity contribution in [1.82, 2.24) is 15.0 Å². The van der Waals surface area contributed by atoms with Gasteiger partial charge in [-0.3, -0.25) is 4.98 Å². The normalized spacial score (nSPS) is 16.2. The molecule has 0 saturated heterocycles. The number of halogens is 1. The molecule has 25 heavy (non-hydrogen) atoms. The number of rotatable bonds is 5. The fourth-order valence-electron chi connectivity index (χ4n) is 3.37. The van der Waals surface area contributed by atoms with Crippen molar-refractivity contribution in [1.29, 1.82) is 0 Å². The second-order valence-electron chi connectivity index (χ2n) is 6.19. The summed E-state index contributed by atoms with van der Waals surface area (Å²) in [7, 11) is 3.34. The van der Waals surface area contributed by atoms with Crippen molar-refractivity contribution in [2.24, 2.45) is 0 Å². The van der Waals surface area contributed by atoms with E-state index >= 15 is 0 Å². The number of fused-ring (bicyclic) bond motifs is 1. The van der Waals surface area contributed by atoms with E-state index in [1.807, 2.05) is 20.0 Å². The molecule has 2 N–H and O–H groups in total. The minimum atomic E-state index is 0.0979. The van der Waals surface area contributed by atoms with Gasteiger partial charge in [0, 0.05) is 42.5 Å². The fourth-order valence-corrected chi connectivity index (χ4v) is 3.70. The molecular weight excluding hydrogens is 342 g/mol. The zero-order chi connectivity index (χ0) is 18.1. The molecule has 134 valence electrons. The maximum atomic E-state index is 6.32. The van der Waals surface area contributed by atoms with E-state index in [-0.39, 0.29) is 11.9 Å². The lowest BCUT2D eigenvalue weighted by Gasteiger charge is -2.21. The quantitative estimate of drug-likeness (QED) is 0.816. The van der Waals surface area contributed by atoms with Crippen LogP contribution >= 0.6 is 11.6 Å². The Morgan fingerprint density at radius 3 is 2.76 bits per heavy atom. The van der Waals surface area contributed by atoms with Crippen LogP contribution in [-0.4, -0.2) is 42.3 Å². The van der Waals surface area contributed by atoms with Crippen LogP contribution in [0.3, 0.4) is 0 Å². The third kappa shape index (κ3) is 3.21. The zero-order valence-electron chi connectivity index (χ0n) is 14.8. The summed E-state index contributed by atoms with van der Waals surface area (Å²) >= 11 is 6.32. The van der Waals surface area contributed by atoms with Gasteiger partial charge in [0.25, 0.3) is 0 Å². The Hall–Kier alpha value is -2.12. The van der Waals surface area contributed by atoms with Gasteiger partial charge in [0.05, 0.1) is 26.0 Å². The van der Waals surface area contributed by atoms with Gasteiger partial charge in [-0.1, -0.05) is 11.6 Å². The zero-order valence-corrected chi connectivity index (χ0v) is 15.6. The summed E-state index contributed by atoms with van der Waals surface area (Å²) in [6.07, 6.45) is 1.83. The highest BCUT2D eigenvalue weighted by molar-refractivity contribution is 6.30. The molecule has 0 saturated carbocycles. The van der Waals surface area contributed by atoms with E-state index in [0.29, 0.717) is 18.3 Å². The Morgan fingerprint density at radius 2 is 2.08 bits per heavy atom. The molecule has 8 heteroatoms. The van der Waals surface area contributed by atoms with Gasteiger partial charge in [-0.25, -0.2) is 4.98 Å². The number of aromatic nitrogens is 3. The van der Waals surface area contributed by atoms with E-state index in [4.69, 9.17) is 26.8 Å². The Kier molecular flexibility index (Phi) is 4.96. The maximum absolute atomic E-state index is 6.32. The predicted octanol–water partition coefficient (Wildman–Crippen LogP) is 2.48. The lowest BCUT2D eigenvalue weighted by atomic mass is 10.1. The van der Waals surface area contributed by atoms with Gasteiger partial charge in [0.2, 0.25) is 5.95 Å². The monoisotopic (exact) mass is 363 g/mol. The van der Waals surface area contributed by atoms with Crippen molar-refractivity contribution in [2.75, 3.05) is 38.0 Å². The highest BCUT2D eigenvalue weighted by Gasteiger charge is 2.34. The van der Waals surface area contributed by atoms with Gasteiger partial charge >= 0.3 is 0 Å². The van der Waals surface area contributed by atoms with Crippen molar-refractivity contribution in [3.63, 3.8) is 0 Å². The smallest absolute Gasteiger partial charge is 0.223 e. The number of nitrogens with two attached hydrogens (primary N) is 1. The maximum Gasteiger partial charge on any atom is 0.223 e. The van der Waals surface area contributed by atoms with Gasteiger partial charge in [-0.05, 0) is 13.8 Å². The number of nitrogen functional groups attached to an aromatic ring is 1. The van der Waals surface area contributed by atoms with Crippen LogP contribution in [0, 0.1) is 13.8 Å². The number of ether oxygens (including phenoxy) is 2. The van der Waals surface area contributed by atoms with Crippen molar-refractivity contribution in [3.05, 3.63) is 33.7 Å². The topological polar surface area (TPSA) is 86.4 Å². The first-order chi connectivity index (χ1) is 12.0. The second kappa shape index (κ2) is 7.01. The van der Waals surface area contributed by atoms with E-state index in [0.717, 1.165) is 40.5 Å². The number of methoxy groups -OCH3 is 2. The van der Waals surface area contributed by atoms with Crippen molar-refractivity contribution >= 4 is 23.4 Å². The van der Waals surface area contributed by atoms with E-state index in [1.165, 1.54) is 0 Å². The summed E-state index contributed by atoms with van der Waals surface area (Å²) in [6.45, 7) is 5.84. The molecule has 1 atom stereocenters. The summed E-state index contributed by atoms with van der Waals surface area (Å²) in [5, 5.41) is 0.387. The molecule has 0 aliphatic carbocycles. The van der Waals surface area contributed by atoms with E-state index < -0.39 is 0 Å². The number of pyridine rings is 1. The van der Waals surface area contributed by atoms with Gasteiger partial charge in [-0.2, -0.15) is 4.98 Å². The van der Waals surface area contributed by atoms with Crippen LogP contribution in [0.2, 0.25) is 5.15 Å². The minimum Gasteiger partial charge on any atom is -0.496 e. The third-order valence-electron chi connectivity index (χ3n) is 4.50. The first-order valence-corrected chi connectivity index (χ1v) is 8.39. The van der Waals surface area contributed by atoms with E-state index in [9.17, 15) is 0 Å². The van der Waals surface area contributed by atoms with Gasteiger partial charge in [0.1, 0.15) is 16.7 Å². The molecule has 3 rings (SSSR count). The van der Waals surface area contributed by atoms with Crippen molar-refractivity contribution in [2.45, 2.75) is 26.3 Å². The molecule has 0 bridgehead atoms. The van der Waals surface area contributed by atoms with Gasteiger partial charge < -0.3 is 20.1 Å². The molecule has 7 nitrogen and oxygen atoms in total. The summed E-state index contributed by atoms with van der Waals surface area (Å²) in [5.74, 6) is 1.87. The van der Waals surface area contributed by atoms with E-state index in [2.05, 4.69) is 19.9 Å². The van der Waals surface area contributed by atoms with Crippen molar-refractivity contribution < 1.29 is 9.47 Å². The molecular formula is C17H22ClN5O2. The van der Waals surface area contributed by atoms with Crippen LogP contribution in [0.25, 0.3) is 0 Å². The SMILES string of the molecule is COCC1CN(Cc2ncc(C)c(OC)c2C)c2nc(N)nc(Cl)c21. The third-order valence-corrected chi connectivity index (χ3v) is 4.79. The van der Waals surface area contributed by atoms with Crippen LogP contribution in [0.15, 0.2) is 6.20 Å². The Bertz CT molecular complexity index is 799. The molecule has 2 aromatic rings. The number of hydrogen-bond acceptors (Lipinski definition) is 7. The van der Waals surface area contributed by atoms with Crippen LogP contribution < -0.4 is 15.4 Å². The minimum absolute atomic E-state index is 0.0979. The average Bonchev–Trinajstić information content (AvgIpc) is 2.89. The summed E-state index contributed by atoms with van der Waals surface area (Å²) in [6, 6.07) is 0. The highest BCUT2D eigenvalue weighted by atomic mass is 35.5. The molecule has 3 heterocycles. The number of anilines is 2. The summed E-state index contributed by atoms with van der Waals surface area (Å²) in [5.41, 5.74) is 9.65. The molecule has 1 aliphatic heterocycles. The van der Waals surface area contributed by atoms with E-state index in [1.54, 1.807) is 14.2 Å². The Labute approximate surface area is 152 Å². The molecule has 1 aliphatic rings. The molecule has 0 aromatic carbocycles. The summed E-state index contributed by atoms with van der Waals surface area (Å²) in [4.78, 5) is 15.2. The molecule has 0 fully saturated rings. The highest BCUT2D eigenvalue weighted by Crippen LogP contribution is 2.40. The lowest BCUT2D eigenvalue weighted by molar-refractivity contribution is 0.183. The Morgan fingerprint density at radius 1 is 1.32 bits per heavy atom. The molecule has 0 spiro atoms. The second-order valence-corrected chi connectivity index (χ2v) is 6.55. The van der Waals surface area contributed by atoms with Crippen LogP contribution in [-0.2, 0) is 11.3 Å². The number of nitrogens with zero attached hydrogens (tertiary/aromatic N) is 4. The largest absolute Gasteiger partial charge is 0.496 e. The van der Waals surface area contributed by atoms with Crippen LogP contribution in [0.5, 0.6) is 5.75 Å². The Balaban J connectivity index is 1.98. The first-order valence-electron chi connectivity index (χ1n) is 8.02. The molecule has 2 aromatic heterocycles. The number of hydrogen-bond donors (Lipinski definition) is 1. The molecule has 0 radical (unpaired) electrons. The lowest BCUT2D eigenvalue weighted by Crippen LogP contribution is -2.24. The van der Waals surface area contributed by atoms with Gasteiger partial charge in [0.15, 0.2) is 0 Å². The molecule has 1 unspecified atom stereocenters. The predicted molar refractivity (Wildman–Crippen MR) is 97.4 cm³/mol. The van der Waals surface area contributed by atoms with Crippen molar-refractivity contribution in [3.8, 4) is 5.75 Å². The van der Waals surface area contributed by atoms with Gasteiger partial charge in [-0.15, -0.1) is 0 Å². The summed E-state index contributed by atoms with van der Waals surface area (Å²) < 4.78 is 10.8. The van der Waals surface area contributed by atoms with Crippen LogP contribution in [0.1, 0.15) is 28.3 Å².